The number of aromatic hydroxyl groups is 2. The summed E-state index contributed by atoms with van der Waals surface area (Å²) in [6.45, 7) is 7.79. The molecule has 2 aliphatic rings. The largest absolute Gasteiger partial charge is 0.508 e. The SMILES string of the molecule is CC(C)=CCc1c2c(c(O)c3c1O[C@H](c1ccc(O)cc1)[C@@H](O)/C3=N/O)C=CC(C)(C)O2. The number of benzene rings is 2. The van der Waals surface area contributed by atoms with E-state index in [1.165, 1.54) is 12.1 Å². The Morgan fingerprint density at radius 1 is 1.12 bits per heavy atom. The molecule has 0 unspecified atom stereocenters. The lowest BCUT2D eigenvalue weighted by Gasteiger charge is -2.36. The van der Waals surface area contributed by atoms with Crippen molar-refractivity contribution in [2.24, 2.45) is 5.16 Å². The molecule has 0 bridgehead atoms. The van der Waals surface area contributed by atoms with Gasteiger partial charge in [0.2, 0.25) is 0 Å². The summed E-state index contributed by atoms with van der Waals surface area (Å²) >= 11 is 0. The van der Waals surface area contributed by atoms with Gasteiger partial charge < -0.3 is 30.0 Å². The minimum Gasteiger partial charge on any atom is -0.508 e. The number of nitrogens with zero attached hydrogens (tertiary/aromatic N) is 1. The molecule has 0 fully saturated rings. The van der Waals surface area contributed by atoms with Crippen LogP contribution in [0.4, 0.5) is 0 Å². The molecular weight excluding hydrogens is 410 g/mol. The summed E-state index contributed by atoms with van der Waals surface area (Å²) in [5.74, 6) is 0.679. The monoisotopic (exact) mass is 437 g/mol. The first-order chi connectivity index (χ1) is 15.1. The van der Waals surface area contributed by atoms with Crippen molar-refractivity contribution in [1.82, 2.24) is 0 Å². The van der Waals surface area contributed by atoms with E-state index >= 15 is 0 Å². The molecule has 0 radical (unpaired) electrons. The molecule has 4 rings (SSSR count). The highest BCUT2D eigenvalue weighted by molar-refractivity contribution is 6.10. The number of phenolic OH excluding ortho intramolecular Hbond substituents is 2. The molecule has 2 aromatic carbocycles. The first-order valence-corrected chi connectivity index (χ1v) is 10.4. The third-order valence-electron chi connectivity index (χ3n) is 5.64. The number of allylic oxidation sites excluding steroid dienone is 2. The van der Waals surface area contributed by atoms with Crippen molar-refractivity contribution >= 4 is 11.8 Å². The molecule has 2 aromatic rings. The van der Waals surface area contributed by atoms with Gasteiger partial charge in [-0.1, -0.05) is 28.9 Å². The van der Waals surface area contributed by atoms with Gasteiger partial charge in [0, 0.05) is 5.56 Å². The van der Waals surface area contributed by atoms with Crippen molar-refractivity contribution in [1.29, 1.82) is 0 Å². The summed E-state index contributed by atoms with van der Waals surface area (Å²) in [7, 11) is 0. The van der Waals surface area contributed by atoms with Crippen LogP contribution in [0.2, 0.25) is 0 Å². The van der Waals surface area contributed by atoms with Crippen molar-refractivity contribution in [2.45, 2.75) is 51.9 Å². The Morgan fingerprint density at radius 2 is 1.81 bits per heavy atom. The van der Waals surface area contributed by atoms with E-state index in [1.807, 2.05) is 39.8 Å². The Bertz CT molecular complexity index is 1140. The van der Waals surface area contributed by atoms with E-state index in [9.17, 15) is 20.5 Å². The number of hydrogen-bond acceptors (Lipinski definition) is 7. The maximum atomic E-state index is 11.1. The number of oxime groups is 1. The van der Waals surface area contributed by atoms with Gasteiger partial charge in [-0.05, 0) is 64.0 Å². The van der Waals surface area contributed by atoms with Crippen LogP contribution in [0.1, 0.15) is 56.1 Å². The van der Waals surface area contributed by atoms with Gasteiger partial charge in [0.15, 0.2) is 6.10 Å². The average molecular weight is 437 g/mol. The lowest BCUT2D eigenvalue weighted by Crippen LogP contribution is -2.38. The van der Waals surface area contributed by atoms with E-state index in [4.69, 9.17) is 9.47 Å². The Kier molecular flexibility index (Phi) is 5.38. The highest BCUT2D eigenvalue weighted by atomic mass is 16.5. The van der Waals surface area contributed by atoms with E-state index in [-0.39, 0.29) is 22.8 Å². The summed E-state index contributed by atoms with van der Waals surface area (Å²) < 4.78 is 12.5. The van der Waals surface area contributed by atoms with E-state index in [0.29, 0.717) is 34.6 Å². The summed E-state index contributed by atoms with van der Waals surface area (Å²) in [6.07, 6.45) is 3.82. The van der Waals surface area contributed by atoms with Crippen molar-refractivity contribution in [3.05, 3.63) is 64.2 Å². The van der Waals surface area contributed by atoms with Crippen LogP contribution in [0.3, 0.4) is 0 Å². The van der Waals surface area contributed by atoms with E-state index in [2.05, 4.69) is 5.16 Å². The van der Waals surface area contributed by atoms with E-state index in [0.717, 1.165) is 5.57 Å². The fourth-order valence-corrected chi connectivity index (χ4v) is 3.98. The van der Waals surface area contributed by atoms with Gasteiger partial charge in [-0.15, -0.1) is 0 Å². The summed E-state index contributed by atoms with van der Waals surface area (Å²) in [6, 6.07) is 6.22. The van der Waals surface area contributed by atoms with Gasteiger partial charge in [-0.2, -0.15) is 0 Å². The zero-order valence-corrected chi connectivity index (χ0v) is 18.5. The lowest BCUT2D eigenvalue weighted by molar-refractivity contribution is 0.0666. The molecule has 7 heteroatoms. The number of aliphatic hydroxyl groups excluding tert-OH is 1. The van der Waals surface area contributed by atoms with Crippen LogP contribution >= 0.6 is 0 Å². The minimum absolute atomic E-state index is 0.0777. The molecule has 168 valence electrons. The maximum Gasteiger partial charge on any atom is 0.155 e. The van der Waals surface area contributed by atoms with Crippen LogP contribution in [0.15, 0.2) is 47.1 Å². The predicted octanol–water partition coefficient (Wildman–Crippen LogP) is 4.46. The Hall–Kier alpha value is -3.45. The second-order valence-electron chi connectivity index (χ2n) is 8.86. The van der Waals surface area contributed by atoms with Crippen molar-refractivity contribution in [2.75, 3.05) is 0 Å². The van der Waals surface area contributed by atoms with E-state index in [1.54, 1.807) is 18.2 Å². The molecule has 4 N–H and O–H groups in total. The van der Waals surface area contributed by atoms with Crippen LogP contribution in [0, 0.1) is 0 Å². The molecule has 2 aliphatic heterocycles. The van der Waals surface area contributed by atoms with Crippen LogP contribution < -0.4 is 9.47 Å². The first-order valence-electron chi connectivity index (χ1n) is 10.4. The molecule has 0 amide bonds. The Balaban J connectivity index is 1.97. The van der Waals surface area contributed by atoms with Gasteiger partial charge in [0.25, 0.3) is 0 Å². The second-order valence-corrected chi connectivity index (χ2v) is 8.86. The smallest absolute Gasteiger partial charge is 0.155 e. The topological polar surface area (TPSA) is 112 Å². The molecule has 0 aliphatic carbocycles. The second kappa shape index (κ2) is 7.91. The van der Waals surface area contributed by atoms with Crippen LogP contribution in [0.25, 0.3) is 6.08 Å². The predicted molar refractivity (Wildman–Crippen MR) is 121 cm³/mol. The molecule has 32 heavy (non-hydrogen) atoms. The van der Waals surface area contributed by atoms with Crippen molar-refractivity contribution in [3.8, 4) is 23.0 Å². The van der Waals surface area contributed by atoms with E-state index < -0.39 is 17.8 Å². The average Bonchev–Trinajstić information content (AvgIpc) is 2.73. The van der Waals surface area contributed by atoms with Crippen LogP contribution in [0.5, 0.6) is 23.0 Å². The molecule has 7 nitrogen and oxygen atoms in total. The summed E-state index contributed by atoms with van der Waals surface area (Å²) in [4.78, 5) is 0. The van der Waals surface area contributed by atoms with Gasteiger partial charge in [-0.3, -0.25) is 0 Å². The molecule has 0 saturated heterocycles. The Labute approximate surface area is 186 Å². The van der Waals surface area contributed by atoms with Gasteiger partial charge in [0.05, 0.1) is 11.1 Å². The molecular formula is C25H27NO6. The maximum absolute atomic E-state index is 11.1. The fourth-order valence-electron chi connectivity index (χ4n) is 3.98. The molecule has 2 heterocycles. The number of rotatable bonds is 3. The number of aliphatic hydroxyl groups is 1. The summed E-state index contributed by atoms with van der Waals surface area (Å²) in [5.41, 5.74) is 2.25. The normalized spacial score (nSPS) is 21.8. The number of phenols is 2. The quantitative estimate of drug-likeness (QED) is 0.320. The number of fused-ring (bicyclic) bond motifs is 2. The van der Waals surface area contributed by atoms with Gasteiger partial charge >= 0.3 is 0 Å². The zero-order chi connectivity index (χ0) is 23.2. The van der Waals surface area contributed by atoms with Crippen molar-refractivity contribution in [3.63, 3.8) is 0 Å². The molecule has 2 atom stereocenters. The number of ether oxygens (including phenoxy) is 2. The molecule has 0 spiro atoms. The fraction of sp³-hybridized carbons (Fsp3) is 0.320. The Morgan fingerprint density at radius 3 is 2.44 bits per heavy atom. The standard InChI is InChI=1S/C25H27NO6/c1-13(2)5-10-17-23-16(11-12-25(3,4)32-23)20(28)18-19(26-30)21(29)22(31-24(17)18)14-6-8-15(27)9-7-14/h5-9,11-12,21-22,27-30H,10H2,1-4H3/b26-19+/t21-,22+/m0/s1. The van der Waals surface area contributed by atoms with Gasteiger partial charge in [0.1, 0.15) is 40.4 Å². The third kappa shape index (κ3) is 3.69. The highest BCUT2D eigenvalue weighted by Gasteiger charge is 2.42. The zero-order valence-electron chi connectivity index (χ0n) is 18.5. The summed E-state index contributed by atoms with van der Waals surface area (Å²) in [5, 5.41) is 44.8. The van der Waals surface area contributed by atoms with Crippen LogP contribution in [-0.2, 0) is 6.42 Å². The number of hydrogen-bond donors (Lipinski definition) is 4. The first kappa shape index (κ1) is 21.8. The molecule has 0 aromatic heterocycles. The molecule has 0 saturated carbocycles. The van der Waals surface area contributed by atoms with Gasteiger partial charge in [-0.25, -0.2) is 0 Å². The third-order valence-corrected chi connectivity index (χ3v) is 5.64. The van der Waals surface area contributed by atoms with Crippen LogP contribution in [-0.4, -0.2) is 37.9 Å². The van der Waals surface area contributed by atoms with Crippen molar-refractivity contribution < 1.29 is 30.0 Å². The lowest BCUT2D eigenvalue weighted by atomic mass is 9.86. The minimum atomic E-state index is -1.35. The highest BCUT2D eigenvalue weighted by Crippen LogP contribution is 2.51.